The van der Waals surface area contributed by atoms with E-state index in [1.807, 2.05) is 54.6 Å². The molecular weight excluding hydrogens is 258 g/mol. The van der Waals surface area contributed by atoms with Gasteiger partial charge < -0.3 is 10.5 Å². The van der Waals surface area contributed by atoms with Crippen molar-refractivity contribution in [2.24, 2.45) is 5.73 Å². The van der Waals surface area contributed by atoms with Crippen LogP contribution >= 0.6 is 11.6 Å². The van der Waals surface area contributed by atoms with Crippen LogP contribution in [0.1, 0.15) is 11.1 Å². The summed E-state index contributed by atoms with van der Waals surface area (Å²) in [6.07, 6.45) is 0.731. The van der Waals surface area contributed by atoms with Gasteiger partial charge in [0.25, 0.3) is 0 Å². The molecule has 0 aliphatic heterocycles. The molecule has 2 nitrogen and oxygen atoms in total. The third kappa shape index (κ3) is 4.67. The number of hydrogen-bond donors (Lipinski definition) is 1. The summed E-state index contributed by atoms with van der Waals surface area (Å²) in [6, 6.07) is 17.8. The third-order valence-corrected chi connectivity index (χ3v) is 3.25. The van der Waals surface area contributed by atoms with Gasteiger partial charge in [0.2, 0.25) is 0 Å². The fourth-order valence-electron chi connectivity index (χ4n) is 1.91. The largest absolute Gasteiger partial charge is 0.375 e. The molecule has 0 fully saturated rings. The Hall–Kier alpha value is -1.35. The number of nitrogens with two attached hydrogens (primary N) is 1. The van der Waals surface area contributed by atoms with E-state index in [1.165, 1.54) is 0 Å². The number of benzene rings is 2. The van der Waals surface area contributed by atoms with E-state index in [2.05, 4.69) is 0 Å². The van der Waals surface area contributed by atoms with E-state index >= 15 is 0 Å². The first kappa shape index (κ1) is 14.1. The molecule has 0 radical (unpaired) electrons. The monoisotopic (exact) mass is 275 g/mol. The van der Waals surface area contributed by atoms with Gasteiger partial charge in [-0.05, 0) is 23.6 Å². The molecule has 0 aromatic heterocycles. The Morgan fingerprint density at radius 1 is 1.00 bits per heavy atom. The molecule has 0 saturated carbocycles. The van der Waals surface area contributed by atoms with E-state index in [4.69, 9.17) is 22.1 Å². The van der Waals surface area contributed by atoms with Gasteiger partial charge in [-0.25, -0.2) is 0 Å². The van der Waals surface area contributed by atoms with Crippen molar-refractivity contribution in [2.45, 2.75) is 19.1 Å². The highest BCUT2D eigenvalue weighted by Gasteiger charge is 2.07. The predicted molar refractivity (Wildman–Crippen MR) is 79.2 cm³/mol. The van der Waals surface area contributed by atoms with Crippen molar-refractivity contribution < 1.29 is 4.74 Å². The molecule has 2 aromatic carbocycles. The highest BCUT2D eigenvalue weighted by Crippen LogP contribution is 2.16. The molecule has 19 heavy (non-hydrogen) atoms. The first-order valence-electron chi connectivity index (χ1n) is 6.36. The Morgan fingerprint density at radius 2 is 1.68 bits per heavy atom. The van der Waals surface area contributed by atoms with Crippen molar-refractivity contribution in [3.05, 3.63) is 70.7 Å². The fourth-order valence-corrected chi connectivity index (χ4v) is 2.12. The second-order valence-corrected chi connectivity index (χ2v) is 4.96. The molecule has 2 aromatic rings. The van der Waals surface area contributed by atoms with E-state index in [9.17, 15) is 0 Å². The summed E-state index contributed by atoms with van der Waals surface area (Å²) in [5.41, 5.74) is 8.28. The Labute approximate surface area is 119 Å². The van der Waals surface area contributed by atoms with Crippen LogP contribution in [0.4, 0.5) is 0 Å². The highest BCUT2D eigenvalue weighted by atomic mass is 35.5. The predicted octanol–water partition coefficient (Wildman–Crippen LogP) is 3.43. The second-order valence-electron chi connectivity index (χ2n) is 4.56. The van der Waals surface area contributed by atoms with Gasteiger partial charge in [-0.3, -0.25) is 0 Å². The van der Waals surface area contributed by atoms with Crippen molar-refractivity contribution in [1.82, 2.24) is 0 Å². The number of ether oxygens (including phenoxy) is 1. The summed E-state index contributed by atoms with van der Waals surface area (Å²) in [7, 11) is 0. The zero-order valence-corrected chi connectivity index (χ0v) is 11.5. The van der Waals surface area contributed by atoms with Gasteiger partial charge in [0.05, 0.1) is 13.2 Å². The minimum Gasteiger partial charge on any atom is -0.375 e. The molecule has 0 amide bonds. The molecule has 0 saturated heterocycles. The first-order valence-corrected chi connectivity index (χ1v) is 6.74. The Bertz CT molecular complexity index is 501. The van der Waals surface area contributed by atoms with Crippen molar-refractivity contribution in [3.63, 3.8) is 0 Å². The quantitative estimate of drug-likeness (QED) is 0.877. The van der Waals surface area contributed by atoms with E-state index in [1.54, 1.807) is 0 Å². The topological polar surface area (TPSA) is 35.2 Å². The van der Waals surface area contributed by atoms with Gasteiger partial charge in [-0.15, -0.1) is 0 Å². The van der Waals surface area contributed by atoms with Crippen LogP contribution in [0, 0.1) is 0 Å². The van der Waals surface area contributed by atoms with E-state index < -0.39 is 0 Å². The van der Waals surface area contributed by atoms with Crippen molar-refractivity contribution in [3.8, 4) is 0 Å². The minimum absolute atomic E-state index is 0.0383. The van der Waals surface area contributed by atoms with Crippen LogP contribution in [0.5, 0.6) is 0 Å². The average Bonchev–Trinajstić information content (AvgIpc) is 2.43. The molecule has 0 spiro atoms. The van der Waals surface area contributed by atoms with Gasteiger partial charge in [0.1, 0.15) is 0 Å². The molecule has 0 heterocycles. The lowest BCUT2D eigenvalue weighted by atomic mass is 10.1. The van der Waals surface area contributed by atoms with Gasteiger partial charge >= 0.3 is 0 Å². The summed E-state index contributed by atoms with van der Waals surface area (Å²) < 4.78 is 5.63. The van der Waals surface area contributed by atoms with E-state index in [-0.39, 0.29) is 6.04 Å². The maximum absolute atomic E-state index is 6.10. The summed E-state index contributed by atoms with van der Waals surface area (Å²) >= 11 is 6.10. The number of hydrogen-bond acceptors (Lipinski definition) is 2. The molecule has 2 N–H and O–H groups in total. The lowest BCUT2D eigenvalue weighted by molar-refractivity contribution is 0.108. The third-order valence-electron chi connectivity index (χ3n) is 2.88. The molecule has 1 unspecified atom stereocenters. The maximum atomic E-state index is 6.10. The zero-order chi connectivity index (χ0) is 13.5. The first-order chi connectivity index (χ1) is 9.25. The molecule has 2 rings (SSSR count). The molecule has 100 valence electrons. The fraction of sp³-hybridized carbons (Fsp3) is 0.250. The van der Waals surface area contributed by atoms with Gasteiger partial charge in [0.15, 0.2) is 0 Å². The summed E-state index contributed by atoms with van der Waals surface area (Å²) in [5.74, 6) is 0. The average molecular weight is 276 g/mol. The molecule has 0 aliphatic carbocycles. The molecule has 1 atom stereocenters. The second kappa shape index (κ2) is 7.29. The molecule has 3 heteroatoms. The van der Waals surface area contributed by atoms with Crippen LogP contribution in [-0.2, 0) is 17.8 Å². The Balaban J connectivity index is 1.76. The van der Waals surface area contributed by atoms with Crippen molar-refractivity contribution in [1.29, 1.82) is 0 Å². The summed E-state index contributed by atoms with van der Waals surface area (Å²) in [5, 5.41) is 0.765. The SMILES string of the molecule is NC(COCc1ccccc1)Cc1ccccc1Cl. The van der Waals surface area contributed by atoms with Crippen molar-refractivity contribution >= 4 is 11.6 Å². The smallest absolute Gasteiger partial charge is 0.0717 e. The maximum Gasteiger partial charge on any atom is 0.0717 e. The van der Waals surface area contributed by atoms with Gasteiger partial charge in [-0.2, -0.15) is 0 Å². The van der Waals surface area contributed by atoms with Gasteiger partial charge in [-0.1, -0.05) is 60.1 Å². The zero-order valence-electron chi connectivity index (χ0n) is 10.8. The summed E-state index contributed by atoms with van der Waals surface area (Å²) in [4.78, 5) is 0. The highest BCUT2D eigenvalue weighted by molar-refractivity contribution is 6.31. The lowest BCUT2D eigenvalue weighted by Gasteiger charge is -2.13. The van der Waals surface area contributed by atoms with Crippen LogP contribution in [-0.4, -0.2) is 12.6 Å². The van der Waals surface area contributed by atoms with Crippen LogP contribution < -0.4 is 5.73 Å². The Kier molecular flexibility index (Phi) is 5.40. The van der Waals surface area contributed by atoms with Crippen LogP contribution in [0.25, 0.3) is 0 Å². The number of halogens is 1. The van der Waals surface area contributed by atoms with E-state index in [0.29, 0.717) is 13.2 Å². The Morgan fingerprint density at radius 3 is 2.42 bits per heavy atom. The van der Waals surface area contributed by atoms with E-state index in [0.717, 1.165) is 22.6 Å². The molecule has 0 aliphatic rings. The summed E-state index contributed by atoms with van der Waals surface area (Å²) in [6.45, 7) is 1.12. The van der Waals surface area contributed by atoms with Crippen LogP contribution in [0.2, 0.25) is 5.02 Å². The van der Waals surface area contributed by atoms with Crippen LogP contribution in [0.3, 0.4) is 0 Å². The molecular formula is C16H18ClNO. The standard InChI is InChI=1S/C16H18ClNO/c17-16-9-5-4-8-14(16)10-15(18)12-19-11-13-6-2-1-3-7-13/h1-9,15H,10-12,18H2. The van der Waals surface area contributed by atoms with Gasteiger partial charge in [0, 0.05) is 11.1 Å². The van der Waals surface area contributed by atoms with Crippen molar-refractivity contribution in [2.75, 3.05) is 6.61 Å². The lowest BCUT2D eigenvalue weighted by Crippen LogP contribution is -2.28. The molecule has 0 bridgehead atoms. The van der Waals surface area contributed by atoms with Crippen LogP contribution in [0.15, 0.2) is 54.6 Å². The normalized spacial score (nSPS) is 12.3. The number of rotatable bonds is 6. The minimum atomic E-state index is -0.0383.